The van der Waals surface area contributed by atoms with Gasteiger partial charge in [0.1, 0.15) is 0 Å². The molecule has 0 saturated heterocycles. The monoisotopic (exact) mass is 295 g/mol. The van der Waals surface area contributed by atoms with E-state index in [1.54, 1.807) is 6.20 Å². The summed E-state index contributed by atoms with van der Waals surface area (Å²) < 4.78 is 0. The number of carbonyl (C=O) groups is 1. The van der Waals surface area contributed by atoms with Gasteiger partial charge >= 0.3 is 0 Å². The Morgan fingerprint density at radius 1 is 0.952 bits per heavy atom. The SMILES string of the molecule is Cc1ccc(C(=O)c2c[nH]cc2-c2ccccc2Cl)cc1. The van der Waals surface area contributed by atoms with Gasteiger partial charge in [-0.3, -0.25) is 4.79 Å². The zero-order valence-corrected chi connectivity index (χ0v) is 12.3. The van der Waals surface area contributed by atoms with Gasteiger partial charge in [0.05, 0.1) is 0 Å². The van der Waals surface area contributed by atoms with Gasteiger partial charge in [-0.15, -0.1) is 0 Å². The molecule has 0 aliphatic carbocycles. The van der Waals surface area contributed by atoms with Crippen LogP contribution in [0.1, 0.15) is 21.5 Å². The summed E-state index contributed by atoms with van der Waals surface area (Å²) in [5, 5.41) is 0.634. The average Bonchev–Trinajstić information content (AvgIpc) is 2.97. The molecule has 1 aromatic heterocycles. The van der Waals surface area contributed by atoms with Gasteiger partial charge in [-0.2, -0.15) is 0 Å². The van der Waals surface area contributed by atoms with Crippen LogP contribution in [0.2, 0.25) is 5.02 Å². The second kappa shape index (κ2) is 5.58. The molecule has 2 aromatic carbocycles. The normalized spacial score (nSPS) is 10.6. The van der Waals surface area contributed by atoms with Gasteiger partial charge in [-0.05, 0) is 13.0 Å². The lowest BCUT2D eigenvalue weighted by molar-refractivity contribution is 0.103. The third-order valence-corrected chi connectivity index (χ3v) is 3.80. The maximum absolute atomic E-state index is 12.7. The first kappa shape index (κ1) is 13.7. The van der Waals surface area contributed by atoms with E-state index in [1.807, 2.05) is 61.7 Å². The molecule has 21 heavy (non-hydrogen) atoms. The van der Waals surface area contributed by atoms with Crippen molar-refractivity contribution in [2.75, 3.05) is 0 Å². The molecule has 0 saturated carbocycles. The highest BCUT2D eigenvalue weighted by Gasteiger charge is 2.17. The summed E-state index contributed by atoms with van der Waals surface area (Å²) in [6.07, 6.45) is 3.53. The number of aromatic amines is 1. The number of rotatable bonds is 3. The van der Waals surface area contributed by atoms with E-state index < -0.39 is 0 Å². The summed E-state index contributed by atoms with van der Waals surface area (Å²) in [6, 6.07) is 15.1. The van der Waals surface area contributed by atoms with Crippen LogP contribution in [0, 0.1) is 6.92 Å². The number of benzene rings is 2. The Bertz CT molecular complexity index is 787. The van der Waals surface area contributed by atoms with E-state index in [2.05, 4.69) is 4.98 Å². The molecule has 0 bridgehead atoms. The molecular formula is C18H14ClNO. The summed E-state index contributed by atoms with van der Waals surface area (Å²) in [6.45, 7) is 2.00. The number of carbonyl (C=O) groups excluding carboxylic acids is 1. The Labute approximate surface area is 128 Å². The molecule has 0 atom stereocenters. The minimum Gasteiger partial charge on any atom is -0.366 e. The molecular weight excluding hydrogens is 282 g/mol. The first-order valence-corrected chi connectivity index (χ1v) is 7.07. The lowest BCUT2D eigenvalue weighted by atomic mass is 9.97. The second-order valence-corrected chi connectivity index (χ2v) is 5.36. The van der Waals surface area contributed by atoms with Crippen molar-refractivity contribution in [3.05, 3.63) is 82.6 Å². The zero-order valence-electron chi connectivity index (χ0n) is 11.6. The minimum atomic E-state index is -0.00818. The van der Waals surface area contributed by atoms with E-state index in [0.29, 0.717) is 16.1 Å². The Morgan fingerprint density at radius 2 is 1.67 bits per heavy atom. The van der Waals surface area contributed by atoms with Crippen molar-refractivity contribution in [1.82, 2.24) is 4.98 Å². The summed E-state index contributed by atoms with van der Waals surface area (Å²) in [7, 11) is 0. The molecule has 1 heterocycles. The predicted molar refractivity (Wildman–Crippen MR) is 85.9 cm³/mol. The predicted octanol–water partition coefficient (Wildman–Crippen LogP) is 4.87. The van der Waals surface area contributed by atoms with Crippen molar-refractivity contribution in [2.24, 2.45) is 0 Å². The Morgan fingerprint density at radius 3 is 2.38 bits per heavy atom. The molecule has 3 heteroatoms. The third kappa shape index (κ3) is 2.63. The smallest absolute Gasteiger partial charge is 0.195 e. The van der Waals surface area contributed by atoms with Crippen LogP contribution in [-0.2, 0) is 0 Å². The maximum atomic E-state index is 12.7. The molecule has 0 spiro atoms. The number of halogens is 1. The molecule has 0 aliphatic heterocycles. The van der Waals surface area contributed by atoms with E-state index in [9.17, 15) is 4.79 Å². The topological polar surface area (TPSA) is 32.9 Å². The largest absolute Gasteiger partial charge is 0.366 e. The van der Waals surface area contributed by atoms with Crippen molar-refractivity contribution >= 4 is 17.4 Å². The minimum absolute atomic E-state index is 0.00818. The van der Waals surface area contributed by atoms with Gasteiger partial charge in [0.25, 0.3) is 0 Å². The fraction of sp³-hybridized carbons (Fsp3) is 0.0556. The van der Waals surface area contributed by atoms with E-state index in [4.69, 9.17) is 11.6 Å². The van der Waals surface area contributed by atoms with Crippen LogP contribution in [-0.4, -0.2) is 10.8 Å². The molecule has 3 rings (SSSR count). The maximum Gasteiger partial charge on any atom is 0.195 e. The van der Waals surface area contributed by atoms with E-state index in [-0.39, 0.29) is 5.78 Å². The van der Waals surface area contributed by atoms with E-state index in [0.717, 1.165) is 16.7 Å². The lowest BCUT2D eigenvalue weighted by Gasteiger charge is -2.06. The Hall–Kier alpha value is -2.32. The molecule has 0 amide bonds. The second-order valence-electron chi connectivity index (χ2n) is 4.96. The van der Waals surface area contributed by atoms with Crippen LogP contribution < -0.4 is 0 Å². The first-order valence-electron chi connectivity index (χ1n) is 6.70. The molecule has 1 N–H and O–H groups in total. The van der Waals surface area contributed by atoms with Crippen molar-refractivity contribution in [3.63, 3.8) is 0 Å². The van der Waals surface area contributed by atoms with Crippen LogP contribution >= 0.6 is 11.6 Å². The number of aromatic nitrogens is 1. The van der Waals surface area contributed by atoms with Crippen LogP contribution in [0.3, 0.4) is 0 Å². The van der Waals surface area contributed by atoms with Crippen molar-refractivity contribution in [2.45, 2.75) is 6.92 Å². The highest BCUT2D eigenvalue weighted by atomic mass is 35.5. The number of hydrogen-bond acceptors (Lipinski definition) is 1. The Kier molecular flexibility index (Phi) is 3.63. The van der Waals surface area contributed by atoms with Crippen molar-refractivity contribution < 1.29 is 4.79 Å². The summed E-state index contributed by atoms with van der Waals surface area (Å²) in [5.74, 6) is -0.00818. The molecule has 0 aliphatic rings. The molecule has 104 valence electrons. The molecule has 2 nitrogen and oxygen atoms in total. The number of hydrogen-bond donors (Lipinski definition) is 1. The van der Waals surface area contributed by atoms with Gasteiger partial charge in [-0.1, -0.05) is 59.6 Å². The summed E-state index contributed by atoms with van der Waals surface area (Å²) in [4.78, 5) is 15.7. The zero-order chi connectivity index (χ0) is 14.8. The van der Waals surface area contributed by atoms with Gasteiger partial charge in [0.15, 0.2) is 5.78 Å². The number of H-pyrrole nitrogens is 1. The van der Waals surface area contributed by atoms with E-state index >= 15 is 0 Å². The fourth-order valence-electron chi connectivity index (χ4n) is 2.31. The number of ketones is 1. The summed E-state index contributed by atoms with van der Waals surface area (Å²) in [5.41, 5.74) is 4.12. The standard InChI is InChI=1S/C18H14ClNO/c1-12-6-8-13(9-7-12)18(21)16-11-20-10-15(16)14-4-2-3-5-17(14)19/h2-11,20H,1H3. The quantitative estimate of drug-likeness (QED) is 0.687. The van der Waals surface area contributed by atoms with Gasteiger partial charge in [-0.25, -0.2) is 0 Å². The van der Waals surface area contributed by atoms with Crippen molar-refractivity contribution in [3.8, 4) is 11.1 Å². The third-order valence-electron chi connectivity index (χ3n) is 3.47. The molecule has 0 unspecified atom stereocenters. The number of aryl methyl sites for hydroxylation is 1. The van der Waals surface area contributed by atoms with Gasteiger partial charge < -0.3 is 4.98 Å². The molecule has 0 radical (unpaired) electrons. The van der Waals surface area contributed by atoms with Crippen LogP contribution in [0.5, 0.6) is 0 Å². The highest BCUT2D eigenvalue weighted by Crippen LogP contribution is 2.31. The van der Waals surface area contributed by atoms with Gasteiger partial charge in [0, 0.05) is 39.7 Å². The molecule has 0 fully saturated rings. The molecule has 3 aromatic rings. The van der Waals surface area contributed by atoms with Crippen LogP contribution in [0.4, 0.5) is 0 Å². The Balaban J connectivity index is 2.05. The lowest BCUT2D eigenvalue weighted by Crippen LogP contribution is -2.01. The summed E-state index contributed by atoms with van der Waals surface area (Å²) >= 11 is 6.23. The fourth-order valence-corrected chi connectivity index (χ4v) is 2.55. The van der Waals surface area contributed by atoms with Crippen LogP contribution in [0.25, 0.3) is 11.1 Å². The average molecular weight is 296 g/mol. The van der Waals surface area contributed by atoms with Crippen LogP contribution in [0.15, 0.2) is 60.9 Å². The van der Waals surface area contributed by atoms with Gasteiger partial charge in [0.2, 0.25) is 0 Å². The van der Waals surface area contributed by atoms with E-state index in [1.165, 1.54) is 0 Å². The number of nitrogens with one attached hydrogen (secondary N) is 1. The first-order chi connectivity index (χ1) is 10.2. The highest BCUT2D eigenvalue weighted by molar-refractivity contribution is 6.33. The van der Waals surface area contributed by atoms with Crippen molar-refractivity contribution in [1.29, 1.82) is 0 Å².